The van der Waals surface area contributed by atoms with E-state index in [1.54, 1.807) is 36.4 Å². The van der Waals surface area contributed by atoms with Crippen molar-refractivity contribution >= 4 is 18.0 Å². The summed E-state index contributed by atoms with van der Waals surface area (Å²) in [6.07, 6.45) is -1.19. The summed E-state index contributed by atoms with van der Waals surface area (Å²) in [6, 6.07) is 19.5. The number of amides is 1. The molecule has 0 spiro atoms. The molecule has 3 rings (SSSR count). The molecule has 1 amide bonds. The van der Waals surface area contributed by atoms with Crippen molar-refractivity contribution in [3.8, 4) is 0 Å². The Balaban J connectivity index is 0.00000187. The van der Waals surface area contributed by atoms with Crippen LogP contribution in [0.15, 0.2) is 72.9 Å². The number of alkyl halides is 3. The molecule has 0 aliphatic carbocycles. The van der Waals surface area contributed by atoms with Crippen LogP contribution in [-0.2, 0) is 23.2 Å². The highest BCUT2D eigenvalue weighted by atomic mass is 35.5. The summed E-state index contributed by atoms with van der Waals surface area (Å²) < 4.78 is 40.5. The average Bonchev–Trinajstić information content (AvgIpc) is 2.81. The molecular weight excluding hydrogens is 449 g/mol. The van der Waals surface area contributed by atoms with Crippen LogP contribution in [0.25, 0.3) is 0 Å². The smallest absolute Gasteiger partial charge is 0.272 e. The molecule has 0 aliphatic rings. The van der Waals surface area contributed by atoms with Gasteiger partial charge in [0.25, 0.3) is 6.43 Å². The lowest BCUT2D eigenvalue weighted by Gasteiger charge is -2.34. The number of benzene rings is 2. The first-order chi connectivity index (χ1) is 15.8. The SMILES string of the molecule is CC.CC(F)(Cc1cccc([C@](Cc2ccccc2)(NC=O)c2ccc(Cl)cn2)c1)C(F)F. The maximum absolute atomic E-state index is 14.3. The minimum Gasteiger partial charge on any atom is -0.343 e. The molecule has 1 unspecified atom stereocenters. The van der Waals surface area contributed by atoms with Crippen molar-refractivity contribution < 1.29 is 18.0 Å². The monoisotopic (exact) mass is 476 g/mol. The fourth-order valence-corrected chi connectivity index (χ4v) is 3.71. The van der Waals surface area contributed by atoms with Crippen molar-refractivity contribution in [3.05, 3.63) is 100 Å². The third-order valence-corrected chi connectivity index (χ3v) is 5.43. The van der Waals surface area contributed by atoms with Crippen LogP contribution in [0.4, 0.5) is 13.2 Å². The van der Waals surface area contributed by atoms with Crippen LogP contribution >= 0.6 is 11.6 Å². The van der Waals surface area contributed by atoms with E-state index in [0.29, 0.717) is 34.7 Å². The number of rotatable bonds is 9. The van der Waals surface area contributed by atoms with Crippen LogP contribution in [0.2, 0.25) is 5.02 Å². The van der Waals surface area contributed by atoms with Gasteiger partial charge in [-0.2, -0.15) is 0 Å². The Morgan fingerprint density at radius 3 is 2.24 bits per heavy atom. The molecule has 2 atom stereocenters. The van der Waals surface area contributed by atoms with Crippen LogP contribution in [0, 0.1) is 0 Å². The van der Waals surface area contributed by atoms with Gasteiger partial charge in [-0.05, 0) is 35.7 Å². The van der Waals surface area contributed by atoms with Crippen LogP contribution in [-0.4, -0.2) is 23.5 Å². The van der Waals surface area contributed by atoms with Crippen molar-refractivity contribution in [3.63, 3.8) is 0 Å². The van der Waals surface area contributed by atoms with Gasteiger partial charge in [-0.3, -0.25) is 9.78 Å². The second-order valence-electron chi connectivity index (χ2n) is 7.65. The molecule has 0 saturated heterocycles. The van der Waals surface area contributed by atoms with E-state index < -0.39 is 24.1 Å². The molecule has 0 fully saturated rings. The number of carbonyl (C=O) groups is 1. The predicted molar refractivity (Wildman–Crippen MR) is 126 cm³/mol. The molecule has 2 aromatic carbocycles. The maximum atomic E-state index is 14.3. The van der Waals surface area contributed by atoms with Gasteiger partial charge in [0, 0.05) is 19.0 Å². The highest BCUT2D eigenvalue weighted by Crippen LogP contribution is 2.34. The Hall–Kier alpha value is -2.86. The van der Waals surface area contributed by atoms with Gasteiger partial charge < -0.3 is 5.32 Å². The van der Waals surface area contributed by atoms with Gasteiger partial charge in [-0.15, -0.1) is 0 Å². The molecule has 0 saturated carbocycles. The summed E-state index contributed by atoms with van der Waals surface area (Å²) in [4.78, 5) is 16.1. The Labute approximate surface area is 198 Å². The minimum absolute atomic E-state index is 0.340. The minimum atomic E-state index is -3.11. The third-order valence-electron chi connectivity index (χ3n) is 5.21. The molecule has 0 aliphatic heterocycles. The second-order valence-corrected chi connectivity index (χ2v) is 8.08. The predicted octanol–water partition coefficient (Wildman–Crippen LogP) is 6.53. The lowest BCUT2D eigenvalue weighted by Crippen LogP contribution is -2.45. The summed E-state index contributed by atoms with van der Waals surface area (Å²) in [5.74, 6) is 0. The lowest BCUT2D eigenvalue weighted by molar-refractivity contribution is -0.111. The fourth-order valence-electron chi connectivity index (χ4n) is 3.60. The fraction of sp³-hybridized carbons (Fsp3) is 0.308. The average molecular weight is 477 g/mol. The summed E-state index contributed by atoms with van der Waals surface area (Å²) in [6.45, 7) is 4.88. The molecule has 176 valence electrons. The van der Waals surface area contributed by atoms with E-state index in [2.05, 4.69) is 10.3 Å². The van der Waals surface area contributed by atoms with Crippen molar-refractivity contribution in [1.82, 2.24) is 10.3 Å². The Morgan fingerprint density at radius 2 is 1.67 bits per heavy atom. The normalized spacial score (nSPS) is 14.4. The van der Waals surface area contributed by atoms with Crippen molar-refractivity contribution in [2.75, 3.05) is 0 Å². The van der Waals surface area contributed by atoms with Crippen molar-refractivity contribution in [1.29, 1.82) is 0 Å². The van der Waals surface area contributed by atoms with Gasteiger partial charge >= 0.3 is 0 Å². The zero-order chi connectivity index (χ0) is 24.5. The molecule has 3 aromatic rings. The van der Waals surface area contributed by atoms with Crippen molar-refractivity contribution in [2.24, 2.45) is 0 Å². The molecule has 1 N–H and O–H groups in total. The van der Waals surface area contributed by atoms with Gasteiger partial charge in [0.15, 0.2) is 5.67 Å². The van der Waals surface area contributed by atoms with Gasteiger partial charge in [0.2, 0.25) is 6.41 Å². The zero-order valence-electron chi connectivity index (χ0n) is 18.9. The molecule has 33 heavy (non-hydrogen) atoms. The molecule has 0 radical (unpaired) electrons. The number of hydrogen-bond donors (Lipinski definition) is 1. The number of carbonyl (C=O) groups excluding carboxylic acids is 1. The number of nitrogens with zero attached hydrogens (tertiary/aromatic N) is 1. The first kappa shape index (κ1) is 26.4. The first-order valence-electron chi connectivity index (χ1n) is 10.7. The molecular formula is C26H28ClF3N2O. The van der Waals surface area contributed by atoms with Crippen LogP contribution in [0.1, 0.15) is 43.2 Å². The number of pyridine rings is 1. The van der Waals surface area contributed by atoms with E-state index in [-0.39, 0.29) is 0 Å². The van der Waals surface area contributed by atoms with E-state index in [9.17, 15) is 18.0 Å². The quantitative estimate of drug-likeness (QED) is 0.357. The van der Waals surface area contributed by atoms with Crippen LogP contribution in [0.3, 0.4) is 0 Å². The topological polar surface area (TPSA) is 42.0 Å². The van der Waals surface area contributed by atoms with E-state index in [1.807, 2.05) is 44.2 Å². The van der Waals surface area contributed by atoms with E-state index >= 15 is 0 Å². The third kappa shape index (κ3) is 6.57. The highest BCUT2D eigenvalue weighted by Gasteiger charge is 2.38. The van der Waals surface area contributed by atoms with E-state index in [0.717, 1.165) is 12.5 Å². The van der Waals surface area contributed by atoms with Crippen LogP contribution in [0.5, 0.6) is 0 Å². The number of halogens is 4. The number of nitrogens with one attached hydrogen (secondary N) is 1. The summed E-state index contributed by atoms with van der Waals surface area (Å²) >= 11 is 6.01. The summed E-state index contributed by atoms with van der Waals surface area (Å²) in [7, 11) is 0. The lowest BCUT2D eigenvalue weighted by atomic mass is 9.79. The van der Waals surface area contributed by atoms with E-state index in [4.69, 9.17) is 11.6 Å². The number of hydrogen-bond acceptors (Lipinski definition) is 2. The maximum Gasteiger partial charge on any atom is 0.272 e. The standard InChI is InChI=1S/C24H22ClF3N2O.C2H6/c1-23(28,22(26)27)13-18-8-5-9-19(12-18)24(30-16-31,14-17-6-3-2-4-7-17)21-11-10-20(25)15-29-21;1-2/h2-12,15-16,22H,13-14H2,1H3,(H,30,31);1-2H3/t23?,24-;/m0./s1. The highest BCUT2D eigenvalue weighted by molar-refractivity contribution is 6.30. The molecule has 0 bridgehead atoms. The summed E-state index contributed by atoms with van der Waals surface area (Å²) in [5, 5.41) is 3.31. The molecule has 1 heterocycles. The van der Waals surface area contributed by atoms with Crippen molar-refractivity contribution in [2.45, 2.75) is 51.2 Å². The van der Waals surface area contributed by atoms with Gasteiger partial charge in [-0.1, -0.05) is 80.0 Å². The second kappa shape index (κ2) is 11.8. The van der Waals surface area contributed by atoms with Crippen LogP contribution < -0.4 is 5.32 Å². The van der Waals surface area contributed by atoms with Gasteiger partial charge in [-0.25, -0.2) is 13.2 Å². The zero-order valence-corrected chi connectivity index (χ0v) is 19.6. The van der Waals surface area contributed by atoms with Gasteiger partial charge in [0.05, 0.1) is 10.7 Å². The molecule has 7 heteroatoms. The Morgan fingerprint density at radius 1 is 1.00 bits per heavy atom. The molecule has 3 nitrogen and oxygen atoms in total. The first-order valence-corrected chi connectivity index (χ1v) is 11.1. The Bertz CT molecular complexity index is 1010. The molecule has 1 aromatic heterocycles. The van der Waals surface area contributed by atoms with Gasteiger partial charge in [0.1, 0.15) is 5.54 Å². The largest absolute Gasteiger partial charge is 0.343 e. The van der Waals surface area contributed by atoms with E-state index in [1.165, 1.54) is 6.20 Å². The Kier molecular flexibility index (Phi) is 9.47. The summed E-state index contributed by atoms with van der Waals surface area (Å²) in [5.41, 5.74) is -1.36. The number of aromatic nitrogens is 1.